The average Bonchev–Trinajstić information content (AvgIpc) is 3.52. The zero-order valence-electron chi connectivity index (χ0n) is 29.6. The Kier molecular flexibility index (Phi) is 9.92. The van der Waals surface area contributed by atoms with Crippen molar-refractivity contribution in [3.8, 4) is 11.3 Å². The molecule has 0 saturated carbocycles. The first-order valence-corrected chi connectivity index (χ1v) is 16.6. The summed E-state index contributed by atoms with van der Waals surface area (Å²) in [6.07, 6.45) is 1.96. The molecule has 3 amide bonds. The highest BCUT2D eigenvalue weighted by Gasteiger charge is 2.41. The Morgan fingerprint density at radius 1 is 1.06 bits per heavy atom. The van der Waals surface area contributed by atoms with E-state index < -0.39 is 41.1 Å². The minimum atomic E-state index is -1.63. The molecule has 1 fully saturated rings. The van der Waals surface area contributed by atoms with Gasteiger partial charge in [-0.15, -0.1) is 0 Å². The summed E-state index contributed by atoms with van der Waals surface area (Å²) in [5.74, 6) is -2.33. The lowest BCUT2D eigenvalue weighted by atomic mass is 9.84. The standard InChI is InChI=1S/C36H37F2N9O6/c1-21-8-6-9-28(43-21)36(44-32(48)52-5)12-7-13-45(18-36)27-16-39-26(22-10-11-24(37)25(38)14-22)15-23(27)17-46-20-42-29-30(46)40-19-41-31(29)47(33(49)50)34(51)53-35(2,3)4/h6,8-11,14-16,19-20H,7,12-13,17-18H2,1-5H3,(H,44,48)(H,49,50). The number of benzene rings is 1. The molecular formula is C36H37F2N9O6. The second kappa shape index (κ2) is 14.4. The maximum absolute atomic E-state index is 14.4. The second-order valence-corrected chi connectivity index (χ2v) is 13.6. The van der Waals surface area contributed by atoms with Crippen LogP contribution in [-0.2, 0) is 21.6 Å². The van der Waals surface area contributed by atoms with E-state index in [1.807, 2.05) is 25.1 Å². The second-order valence-electron chi connectivity index (χ2n) is 13.6. The van der Waals surface area contributed by atoms with Gasteiger partial charge in [0, 0.05) is 24.3 Å². The smallest absolute Gasteiger partial charge is 0.425 e. The number of alkyl carbamates (subject to hydrolysis) is 1. The molecule has 276 valence electrons. The van der Waals surface area contributed by atoms with Gasteiger partial charge in [0.15, 0.2) is 28.6 Å². The SMILES string of the molecule is COC(=O)NC1(c2cccc(C)n2)CCCN(c2cnc(-c3ccc(F)c(F)c3)cc2Cn2cnc3c(N(C(=O)O)C(=O)OC(C)(C)C)ncnc32)C1. The number of anilines is 2. The monoisotopic (exact) mass is 729 g/mol. The largest absolute Gasteiger partial charge is 0.464 e. The third-order valence-corrected chi connectivity index (χ3v) is 8.62. The van der Waals surface area contributed by atoms with Crippen LogP contribution in [0.2, 0.25) is 0 Å². The third-order valence-electron chi connectivity index (χ3n) is 8.62. The zero-order chi connectivity index (χ0) is 38.1. The molecule has 53 heavy (non-hydrogen) atoms. The number of imide groups is 1. The van der Waals surface area contributed by atoms with E-state index in [0.29, 0.717) is 52.5 Å². The lowest BCUT2D eigenvalue weighted by molar-refractivity contribution is 0.0581. The molecule has 1 aliphatic heterocycles. The Bertz CT molecular complexity index is 2210. The van der Waals surface area contributed by atoms with Gasteiger partial charge in [-0.2, -0.15) is 4.90 Å². The molecule has 17 heteroatoms. The van der Waals surface area contributed by atoms with Crippen molar-refractivity contribution in [1.29, 1.82) is 0 Å². The maximum Gasteiger partial charge on any atom is 0.425 e. The van der Waals surface area contributed by atoms with Crippen LogP contribution >= 0.6 is 0 Å². The molecule has 0 radical (unpaired) electrons. The number of carbonyl (C=O) groups is 3. The fourth-order valence-corrected chi connectivity index (χ4v) is 6.30. The van der Waals surface area contributed by atoms with Gasteiger partial charge >= 0.3 is 18.3 Å². The van der Waals surface area contributed by atoms with Crippen LogP contribution in [0.4, 0.5) is 34.7 Å². The number of carboxylic acid groups (broad SMARTS) is 1. The Labute approximate surface area is 302 Å². The van der Waals surface area contributed by atoms with E-state index in [1.54, 1.807) is 37.6 Å². The first-order valence-electron chi connectivity index (χ1n) is 16.6. The summed E-state index contributed by atoms with van der Waals surface area (Å²) in [6, 6.07) is 10.8. The van der Waals surface area contributed by atoms with Crippen molar-refractivity contribution in [1.82, 2.24) is 34.8 Å². The Hall–Kier alpha value is -6.26. The fourth-order valence-electron chi connectivity index (χ4n) is 6.30. The van der Waals surface area contributed by atoms with E-state index in [1.165, 1.54) is 19.5 Å². The number of pyridine rings is 2. The summed E-state index contributed by atoms with van der Waals surface area (Å²) in [5, 5.41) is 13.0. The molecular weight excluding hydrogens is 692 g/mol. The number of hydrogen-bond donors (Lipinski definition) is 2. The molecule has 4 aromatic heterocycles. The number of rotatable bonds is 7. The lowest BCUT2D eigenvalue weighted by Gasteiger charge is -2.44. The molecule has 1 unspecified atom stereocenters. The number of halogens is 2. The van der Waals surface area contributed by atoms with E-state index in [-0.39, 0.29) is 30.1 Å². The van der Waals surface area contributed by atoms with Crippen LogP contribution in [-0.4, -0.2) is 78.7 Å². The lowest BCUT2D eigenvalue weighted by Crippen LogP contribution is -2.57. The number of nitrogens with one attached hydrogen (secondary N) is 1. The van der Waals surface area contributed by atoms with Crippen LogP contribution in [0.3, 0.4) is 0 Å². The number of hydrogen-bond acceptors (Lipinski definition) is 11. The number of aromatic nitrogens is 6. The number of fused-ring (bicyclic) bond motifs is 1. The first kappa shape index (κ1) is 36.5. The normalized spacial score (nSPS) is 15.9. The number of nitrogens with zero attached hydrogens (tertiary/aromatic N) is 8. The highest BCUT2D eigenvalue weighted by atomic mass is 19.2. The van der Waals surface area contributed by atoms with Gasteiger partial charge in [-0.05, 0) is 82.5 Å². The minimum Gasteiger partial charge on any atom is -0.464 e. The van der Waals surface area contributed by atoms with E-state index in [9.17, 15) is 28.3 Å². The maximum atomic E-state index is 14.4. The first-order chi connectivity index (χ1) is 25.2. The van der Waals surface area contributed by atoms with Crippen molar-refractivity contribution >= 4 is 40.9 Å². The van der Waals surface area contributed by atoms with Crippen LogP contribution in [0.1, 0.15) is 50.6 Å². The quantitative estimate of drug-likeness (QED) is 0.194. The molecule has 0 aliphatic carbocycles. The van der Waals surface area contributed by atoms with Gasteiger partial charge < -0.3 is 29.4 Å². The molecule has 0 bridgehead atoms. The minimum absolute atomic E-state index is 0.0157. The van der Waals surface area contributed by atoms with Crippen LogP contribution < -0.4 is 15.1 Å². The predicted molar refractivity (Wildman–Crippen MR) is 188 cm³/mol. The van der Waals surface area contributed by atoms with Gasteiger partial charge in [-0.1, -0.05) is 6.07 Å². The molecule has 1 aromatic carbocycles. The number of piperidine rings is 1. The Morgan fingerprint density at radius 3 is 2.55 bits per heavy atom. The number of carbonyl (C=O) groups excluding carboxylic acids is 2. The number of aryl methyl sites for hydroxylation is 1. The van der Waals surface area contributed by atoms with Crippen molar-refractivity contribution in [2.24, 2.45) is 0 Å². The van der Waals surface area contributed by atoms with Gasteiger partial charge in [0.05, 0.1) is 43.3 Å². The van der Waals surface area contributed by atoms with E-state index in [0.717, 1.165) is 24.2 Å². The number of imidazole rings is 1. The fraction of sp³-hybridized carbons (Fsp3) is 0.333. The zero-order valence-corrected chi connectivity index (χ0v) is 29.6. The van der Waals surface area contributed by atoms with Crippen LogP contribution in [0.15, 0.2) is 61.3 Å². The molecule has 6 rings (SSSR count). The highest BCUT2D eigenvalue weighted by molar-refractivity contribution is 6.11. The summed E-state index contributed by atoms with van der Waals surface area (Å²) in [4.78, 5) is 62.6. The van der Waals surface area contributed by atoms with Crippen molar-refractivity contribution in [3.05, 3.63) is 89.9 Å². The summed E-state index contributed by atoms with van der Waals surface area (Å²) in [5.41, 5.74) is 1.67. The summed E-state index contributed by atoms with van der Waals surface area (Å²) < 4.78 is 40.2. The molecule has 5 aromatic rings. The summed E-state index contributed by atoms with van der Waals surface area (Å²) in [6.45, 7) is 7.59. The topological polar surface area (TPSA) is 178 Å². The molecule has 2 N–H and O–H groups in total. The average molecular weight is 730 g/mol. The van der Waals surface area contributed by atoms with Gasteiger partial charge in [0.1, 0.15) is 17.5 Å². The summed E-state index contributed by atoms with van der Waals surface area (Å²) >= 11 is 0. The van der Waals surface area contributed by atoms with Crippen LogP contribution in [0.5, 0.6) is 0 Å². The van der Waals surface area contributed by atoms with Crippen molar-refractivity contribution in [2.75, 3.05) is 30.0 Å². The molecule has 1 saturated heterocycles. The summed E-state index contributed by atoms with van der Waals surface area (Å²) in [7, 11) is 1.29. The Balaban J connectivity index is 1.45. The van der Waals surface area contributed by atoms with Crippen molar-refractivity contribution < 1.29 is 37.7 Å². The van der Waals surface area contributed by atoms with Gasteiger partial charge in [0.25, 0.3) is 0 Å². The van der Waals surface area contributed by atoms with Crippen LogP contribution in [0.25, 0.3) is 22.4 Å². The Morgan fingerprint density at radius 2 is 1.85 bits per heavy atom. The molecule has 1 atom stereocenters. The third kappa shape index (κ3) is 7.68. The van der Waals surface area contributed by atoms with Crippen molar-refractivity contribution in [2.45, 2.75) is 58.2 Å². The molecule has 1 aliphatic rings. The van der Waals surface area contributed by atoms with Gasteiger partial charge in [0.2, 0.25) is 0 Å². The molecule has 5 heterocycles. The van der Waals surface area contributed by atoms with Crippen LogP contribution in [0, 0.1) is 18.6 Å². The molecule has 0 spiro atoms. The van der Waals surface area contributed by atoms with E-state index >= 15 is 0 Å². The van der Waals surface area contributed by atoms with E-state index in [4.69, 9.17) is 14.5 Å². The molecule has 15 nitrogen and oxygen atoms in total. The van der Waals surface area contributed by atoms with Gasteiger partial charge in [-0.25, -0.2) is 38.1 Å². The van der Waals surface area contributed by atoms with E-state index in [2.05, 4.69) is 30.2 Å². The predicted octanol–water partition coefficient (Wildman–Crippen LogP) is 6.19. The van der Waals surface area contributed by atoms with Crippen molar-refractivity contribution in [3.63, 3.8) is 0 Å². The van der Waals surface area contributed by atoms with Gasteiger partial charge in [-0.3, -0.25) is 9.97 Å². The number of amides is 3. The number of ether oxygens (including phenoxy) is 2. The number of methoxy groups -OCH3 is 1. The highest BCUT2D eigenvalue weighted by Crippen LogP contribution is 2.36.